The van der Waals surface area contributed by atoms with Crippen LogP contribution in [0.3, 0.4) is 0 Å². The Hall–Kier alpha value is -3.40. The van der Waals surface area contributed by atoms with Crippen LogP contribution in [-0.2, 0) is 50.9 Å². The number of nitrogens with zero attached hydrogens (tertiary/aromatic N) is 4. The maximum Gasteiger partial charge on any atom is 0.295 e. The standard InChI is InChI=1S/C35H40N4/c1-8-20-15-21-16-29-22(9-2)23(10-3)31-18-33-26(13-6)27(14-7)34-19-32-25(12-5)24(11-4)30-17-28(20)36(21)35(37(29)31,38(30)32)39(33)34/h15-19H,8-14H2,1-7H3. The molecule has 0 N–H and O–H groups in total. The van der Waals surface area contributed by atoms with Crippen LogP contribution in [-0.4, -0.2) is 18.3 Å². The van der Waals surface area contributed by atoms with Gasteiger partial charge in [-0.2, -0.15) is 0 Å². The first-order valence-electron chi connectivity index (χ1n) is 15.5. The van der Waals surface area contributed by atoms with Crippen LogP contribution in [0, 0.1) is 0 Å². The van der Waals surface area contributed by atoms with Crippen LogP contribution in [0.15, 0.2) is 6.07 Å². The van der Waals surface area contributed by atoms with Gasteiger partial charge in [-0.15, -0.1) is 0 Å². The number of hydrogen-bond acceptors (Lipinski definition) is 0. The van der Waals surface area contributed by atoms with Crippen LogP contribution in [0.4, 0.5) is 0 Å². The van der Waals surface area contributed by atoms with Crippen molar-refractivity contribution in [2.75, 3.05) is 0 Å². The largest absolute Gasteiger partial charge is 0.295 e. The molecule has 0 saturated carbocycles. The summed E-state index contributed by atoms with van der Waals surface area (Å²) < 4.78 is 11.0. The SMILES string of the molecule is CCc1c(CC)c2n3c1C=c1cc(CC)c4n1C31n3c(c(CC)c(CC)c3C=c3c(CC)c(CC)c(n31)=C2)C=4. The topological polar surface area (TPSA) is 19.7 Å². The average molecular weight is 517 g/mol. The van der Waals surface area contributed by atoms with Crippen molar-refractivity contribution in [3.05, 3.63) is 89.2 Å². The molecular weight excluding hydrogens is 476 g/mol. The molecule has 1 atom stereocenters. The van der Waals surface area contributed by atoms with Crippen molar-refractivity contribution >= 4 is 24.3 Å². The molecule has 4 aromatic heterocycles. The molecule has 0 aliphatic carbocycles. The molecule has 4 heteroatoms. The molecule has 1 spiro atoms. The second kappa shape index (κ2) is 7.62. The van der Waals surface area contributed by atoms with E-state index in [2.05, 4.69) is 97.1 Å². The fourth-order valence-electron chi connectivity index (χ4n) is 8.98. The Morgan fingerprint density at radius 2 is 0.846 bits per heavy atom. The fourth-order valence-corrected chi connectivity index (χ4v) is 8.98. The molecule has 0 amide bonds. The summed E-state index contributed by atoms with van der Waals surface area (Å²) >= 11 is 0. The van der Waals surface area contributed by atoms with Crippen LogP contribution in [0.5, 0.6) is 0 Å². The Labute approximate surface area is 230 Å². The molecule has 0 bridgehead atoms. The highest BCUT2D eigenvalue weighted by Gasteiger charge is 2.53. The minimum absolute atomic E-state index is 0.503. The lowest BCUT2D eigenvalue weighted by Crippen LogP contribution is -2.70. The Morgan fingerprint density at radius 3 is 1.26 bits per heavy atom. The van der Waals surface area contributed by atoms with E-state index in [-0.39, 0.29) is 0 Å². The third-order valence-electron chi connectivity index (χ3n) is 10.4. The second-order valence-corrected chi connectivity index (χ2v) is 11.7. The molecule has 0 saturated heterocycles. The minimum Gasteiger partial charge on any atom is -0.281 e. The summed E-state index contributed by atoms with van der Waals surface area (Å²) in [5.41, 5.74) is 16.3. The van der Waals surface area contributed by atoms with E-state index < -0.39 is 5.91 Å². The van der Waals surface area contributed by atoms with Crippen molar-refractivity contribution < 1.29 is 0 Å². The molecule has 0 fully saturated rings. The normalized spacial score (nSPS) is 18.2. The number of aromatic nitrogens is 4. The Kier molecular flexibility index (Phi) is 4.59. The number of hydrogen-bond donors (Lipinski definition) is 0. The maximum atomic E-state index is 2.75. The first kappa shape index (κ1) is 23.5. The van der Waals surface area contributed by atoms with Gasteiger partial charge >= 0.3 is 0 Å². The van der Waals surface area contributed by atoms with Gasteiger partial charge in [0.1, 0.15) is 0 Å². The van der Waals surface area contributed by atoms with Gasteiger partial charge in [0.15, 0.2) is 0 Å². The highest BCUT2D eigenvalue weighted by Crippen LogP contribution is 2.44. The maximum absolute atomic E-state index is 2.75. The van der Waals surface area contributed by atoms with Crippen molar-refractivity contribution in [2.24, 2.45) is 0 Å². The summed E-state index contributed by atoms with van der Waals surface area (Å²) in [6.45, 7) is 16.4. The van der Waals surface area contributed by atoms with Crippen LogP contribution in [0.2, 0.25) is 0 Å². The third kappa shape index (κ3) is 2.29. The Morgan fingerprint density at radius 1 is 0.436 bits per heavy atom. The van der Waals surface area contributed by atoms with Gasteiger partial charge in [-0.1, -0.05) is 48.5 Å². The highest BCUT2D eigenvalue weighted by atomic mass is 15.6. The van der Waals surface area contributed by atoms with Crippen LogP contribution >= 0.6 is 0 Å². The third-order valence-corrected chi connectivity index (χ3v) is 10.4. The van der Waals surface area contributed by atoms with Crippen LogP contribution in [0.25, 0.3) is 24.3 Å². The van der Waals surface area contributed by atoms with Crippen molar-refractivity contribution in [2.45, 2.75) is 99.3 Å². The quantitative estimate of drug-likeness (QED) is 0.309. The van der Waals surface area contributed by atoms with E-state index in [1.54, 1.807) is 0 Å². The van der Waals surface area contributed by atoms with E-state index >= 15 is 0 Å². The molecule has 39 heavy (non-hydrogen) atoms. The molecule has 8 rings (SSSR count). The summed E-state index contributed by atoms with van der Waals surface area (Å²) in [5.74, 6) is -0.503. The lowest BCUT2D eigenvalue weighted by atomic mass is 10.0. The molecule has 4 aromatic rings. The van der Waals surface area contributed by atoms with E-state index in [0.717, 1.165) is 44.9 Å². The molecule has 200 valence electrons. The van der Waals surface area contributed by atoms with E-state index in [1.807, 2.05) is 0 Å². The number of rotatable bonds is 7. The molecule has 0 aromatic carbocycles. The van der Waals surface area contributed by atoms with Crippen LogP contribution < -0.4 is 21.4 Å². The van der Waals surface area contributed by atoms with Gasteiger partial charge in [0.2, 0.25) is 0 Å². The van der Waals surface area contributed by atoms with Gasteiger partial charge in [0.25, 0.3) is 5.91 Å². The van der Waals surface area contributed by atoms with Gasteiger partial charge in [-0.3, -0.25) is 18.3 Å². The molecule has 4 nitrogen and oxygen atoms in total. The summed E-state index contributed by atoms with van der Waals surface area (Å²) in [6.07, 6.45) is 17.5. The van der Waals surface area contributed by atoms with Crippen molar-refractivity contribution in [3.8, 4) is 0 Å². The predicted molar refractivity (Wildman–Crippen MR) is 160 cm³/mol. The van der Waals surface area contributed by atoms with Crippen LogP contribution in [0.1, 0.15) is 110 Å². The van der Waals surface area contributed by atoms with E-state index in [4.69, 9.17) is 0 Å². The van der Waals surface area contributed by atoms with E-state index in [9.17, 15) is 0 Å². The fraction of sp³-hybridized carbons (Fsp3) is 0.429. The van der Waals surface area contributed by atoms with Crippen molar-refractivity contribution in [1.82, 2.24) is 18.3 Å². The monoisotopic (exact) mass is 516 g/mol. The Bertz CT molecular complexity index is 1970. The first-order valence-corrected chi connectivity index (χ1v) is 15.5. The second-order valence-electron chi connectivity index (χ2n) is 11.7. The summed E-state index contributed by atoms with van der Waals surface area (Å²) in [6, 6.07) is 2.49. The zero-order valence-electron chi connectivity index (χ0n) is 24.6. The lowest BCUT2D eigenvalue weighted by Gasteiger charge is -2.49. The Balaban J connectivity index is 1.77. The molecular formula is C35H40N4. The van der Waals surface area contributed by atoms with Gasteiger partial charge in [-0.25, -0.2) is 0 Å². The van der Waals surface area contributed by atoms with E-state index in [1.165, 1.54) is 83.1 Å². The van der Waals surface area contributed by atoms with Gasteiger partial charge in [0.05, 0.1) is 38.8 Å². The number of aryl methyl sites for hydroxylation is 1. The zero-order chi connectivity index (χ0) is 27.0. The zero-order valence-corrected chi connectivity index (χ0v) is 24.6. The first-order chi connectivity index (χ1) is 19.0. The van der Waals surface area contributed by atoms with Gasteiger partial charge < -0.3 is 0 Å². The van der Waals surface area contributed by atoms with E-state index in [0.29, 0.717) is 0 Å². The lowest BCUT2D eigenvalue weighted by molar-refractivity contribution is 0.0968. The highest BCUT2D eigenvalue weighted by molar-refractivity contribution is 5.72. The average Bonchev–Trinajstić information content (AvgIpc) is 3.66. The van der Waals surface area contributed by atoms with Gasteiger partial charge in [0, 0.05) is 5.35 Å². The summed E-state index contributed by atoms with van der Waals surface area (Å²) in [5, 5.41) is 5.58. The molecule has 4 aliphatic rings. The molecule has 1 unspecified atom stereocenters. The molecule has 4 aliphatic heterocycles. The predicted octanol–water partition coefficient (Wildman–Crippen LogP) is 3.61. The minimum atomic E-state index is -0.503. The van der Waals surface area contributed by atoms with Crippen molar-refractivity contribution in [3.63, 3.8) is 0 Å². The summed E-state index contributed by atoms with van der Waals surface area (Å²) in [7, 11) is 0. The smallest absolute Gasteiger partial charge is 0.281 e. The molecule has 8 heterocycles. The van der Waals surface area contributed by atoms with Gasteiger partial charge in [-0.05, 0) is 114 Å². The summed E-state index contributed by atoms with van der Waals surface area (Å²) in [4.78, 5) is 0. The van der Waals surface area contributed by atoms with Crippen molar-refractivity contribution in [1.29, 1.82) is 0 Å². The molecule has 0 radical (unpaired) electrons.